The summed E-state index contributed by atoms with van der Waals surface area (Å²) < 4.78 is 8.56. The second kappa shape index (κ2) is 7.10. The van der Waals surface area contributed by atoms with Crippen molar-refractivity contribution in [3.63, 3.8) is 0 Å². The monoisotopic (exact) mass is 412 g/mol. The van der Waals surface area contributed by atoms with Gasteiger partial charge in [-0.15, -0.1) is 0 Å². The predicted octanol–water partition coefficient (Wildman–Crippen LogP) is 4.44. The highest BCUT2D eigenvalue weighted by Gasteiger charge is 2.31. The van der Waals surface area contributed by atoms with Crippen molar-refractivity contribution < 1.29 is 9.84 Å². The molecule has 6 heteroatoms. The number of nitrogen functional groups attached to an aromatic ring is 1. The largest absolute Gasteiger partial charge is 0.485 e. The minimum absolute atomic E-state index is 0.0650. The quantitative estimate of drug-likeness (QED) is 0.519. The van der Waals surface area contributed by atoms with Gasteiger partial charge in [0.1, 0.15) is 29.6 Å². The normalized spacial score (nSPS) is 22.5. The van der Waals surface area contributed by atoms with Crippen LogP contribution >= 0.6 is 0 Å². The van der Waals surface area contributed by atoms with Gasteiger partial charge in [0, 0.05) is 17.8 Å². The molecule has 0 bridgehead atoms. The van der Waals surface area contributed by atoms with Crippen LogP contribution < -0.4 is 10.5 Å². The number of hydrogen-bond donors (Lipinski definition) is 2. The third-order valence-electron chi connectivity index (χ3n) is 6.61. The van der Waals surface area contributed by atoms with Crippen LogP contribution in [0.5, 0.6) is 5.75 Å². The SMILES string of the molecule is Nc1ncnc2c1c(-c1ccc3c(c1)OC(c1ccccc1)CC3)cn2[C@H]1C[C@H](O)C1. The molecule has 1 saturated carbocycles. The molecule has 0 amide bonds. The molecule has 1 atom stereocenters. The molecule has 1 aliphatic heterocycles. The van der Waals surface area contributed by atoms with Crippen molar-refractivity contribution >= 4 is 16.9 Å². The van der Waals surface area contributed by atoms with E-state index in [9.17, 15) is 5.11 Å². The molecule has 3 N–H and O–H groups in total. The minimum Gasteiger partial charge on any atom is -0.485 e. The molecule has 2 aromatic carbocycles. The summed E-state index contributed by atoms with van der Waals surface area (Å²) >= 11 is 0. The first kappa shape index (κ1) is 18.4. The van der Waals surface area contributed by atoms with Gasteiger partial charge in [0.05, 0.1) is 11.5 Å². The Morgan fingerprint density at radius 1 is 1.06 bits per heavy atom. The van der Waals surface area contributed by atoms with E-state index in [2.05, 4.69) is 63.2 Å². The highest BCUT2D eigenvalue weighted by atomic mass is 16.5. The molecule has 0 radical (unpaired) electrons. The van der Waals surface area contributed by atoms with E-state index in [1.165, 1.54) is 17.5 Å². The number of fused-ring (bicyclic) bond motifs is 2. The summed E-state index contributed by atoms with van der Waals surface area (Å²) in [4.78, 5) is 8.75. The van der Waals surface area contributed by atoms with Gasteiger partial charge in [-0.1, -0.05) is 42.5 Å². The second-order valence-electron chi connectivity index (χ2n) is 8.56. The van der Waals surface area contributed by atoms with E-state index in [0.29, 0.717) is 5.82 Å². The highest BCUT2D eigenvalue weighted by molar-refractivity contribution is 6.00. The Kier molecular flexibility index (Phi) is 4.21. The van der Waals surface area contributed by atoms with Gasteiger partial charge in [-0.3, -0.25) is 0 Å². The van der Waals surface area contributed by atoms with Gasteiger partial charge in [-0.05, 0) is 48.4 Å². The molecule has 156 valence electrons. The first-order valence-corrected chi connectivity index (χ1v) is 10.8. The van der Waals surface area contributed by atoms with Crippen molar-refractivity contribution in [3.8, 4) is 16.9 Å². The molecular weight excluding hydrogens is 388 g/mol. The Morgan fingerprint density at radius 2 is 1.90 bits per heavy atom. The second-order valence-corrected chi connectivity index (χ2v) is 8.56. The van der Waals surface area contributed by atoms with Crippen molar-refractivity contribution in [2.45, 2.75) is 43.9 Å². The van der Waals surface area contributed by atoms with E-state index in [1.54, 1.807) is 0 Å². The molecule has 3 heterocycles. The van der Waals surface area contributed by atoms with Gasteiger partial charge < -0.3 is 20.1 Å². The molecule has 2 aliphatic rings. The zero-order valence-corrected chi connectivity index (χ0v) is 17.1. The number of hydrogen-bond acceptors (Lipinski definition) is 5. The van der Waals surface area contributed by atoms with E-state index in [4.69, 9.17) is 10.5 Å². The van der Waals surface area contributed by atoms with Gasteiger partial charge in [0.15, 0.2) is 0 Å². The number of rotatable bonds is 3. The summed E-state index contributed by atoms with van der Waals surface area (Å²) in [5, 5.41) is 10.7. The van der Waals surface area contributed by atoms with Crippen LogP contribution in [0.1, 0.15) is 42.5 Å². The summed E-state index contributed by atoms with van der Waals surface area (Å²) in [5.41, 5.74) is 11.6. The maximum absolute atomic E-state index is 9.79. The van der Waals surface area contributed by atoms with E-state index >= 15 is 0 Å². The first-order valence-electron chi connectivity index (χ1n) is 10.8. The summed E-state index contributed by atoms with van der Waals surface area (Å²) in [5.74, 6) is 1.40. The van der Waals surface area contributed by atoms with Gasteiger partial charge in [0.25, 0.3) is 0 Å². The van der Waals surface area contributed by atoms with Crippen LogP contribution in [-0.2, 0) is 6.42 Å². The zero-order valence-electron chi connectivity index (χ0n) is 17.1. The number of nitrogens with two attached hydrogens (primary N) is 1. The molecule has 6 rings (SSSR count). The number of benzene rings is 2. The van der Waals surface area contributed by atoms with Crippen molar-refractivity contribution in [3.05, 3.63) is 72.2 Å². The smallest absolute Gasteiger partial charge is 0.146 e. The van der Waals surface area contributed by atoms with E-state index in [0.717, 1.165) is 53.6 Å². The molecule has 31 heavy (non-hydrogen) atoms. The van der Waals surface area contributed by atoms with Crippen molar-refractivity contribution in [2.75, 3.05) is 5.73 Å². The lowest BCUT2D eigenvalue weighted by molar-refractivity contribution is 0.0502. The number of aromatic nitrogens is 3. The fraction of sp³-hybridized carbons (Fsp3) is 0.280. The Labute approximate surface area is 180 Å². The van der Waals surface area contributed by atoms with Gasteiger partial charge in [-0.2, -0.15) is 0 Å². The fourth-order valence-electron chi connectivity index (χ4n) is 4.83. The molecule has 1 fully saturated rings. The van der Waals surface area contributed by atoms with E-state index in [-0.39, 0.29) is 18.2 Å². The standard InChI is InChI=1S/C25H24N4O2/c26-24-23-20(13-29(18-11-19(30)12-18)25(23)28-14-27-24)17-7-6-16-8-9-21(31-22(16)10-17)15-4-2-1-3-5-15/h1-7,10,13-14,18-19,21,30H,8-9,11-12H2,(H2,26,27,28)/t18-,19-,21?. The van der Waals surface area contributed by atoms with E-state index < -0.39 is 0 Å². The van der Waals surface area contributed by atoms with Crippen LogP contribution in [0.15, 0.2) is 61.1 Å². The lowest BCUT2D eigenvalue weighted by Gasteiger charge is -2.32. The van der Waals surface area contributed by atoms with Gasteiger partial charge in [0.2, 0.25) is 0 Å². The van der Waals surface area contributed by atoms with Crippen LogP contribution in [0.2, 0.25) is 0 Å². The fourth-order valence-corrected chi connectivity index (χ4v) is 4.83. The Hall–Kier alpha value is -3.38. The molecule has 2 aromatic heterocycles. The molecule has 1 aliphatic carbocycles. The maximum atomic E-state index is 9.79. The lowest BCUT2D eigenvalue weighted by atomic mass is 9.89. The molecule has 0 spiro atoms. The maximum Gasteiger partial charge on any atom is 0.146 e. The van der Waals surface area contributed by atoms with Gasteiger partial charge >= 0.3 is 0 Å². The van der Waals surface area contributed by atoms with Crippen LogP contribution in [0.3, 0.4) is 0 Å². The zero-order chi connectivity index (χ0) is 20.9. The Bertz CT molecular complexity index is 1260. The first-order chi connectivity index (χ1) is 15.2. The van der Waals surface area contributed by atoms with Crippen molar-refractivity contribution in [1.29, 1.82) is 0 Å². The minimum atomic E-state index is -0.239. The summed E-state index contributed by atoms with van der Waals surface area (Å²) in [6, 6.07) is 17.0. The van der Waals surface area contributed by atoms with Crippen LogP contribution in [-0.4, -0.2) is 25.7 Å². The molecule has 6 nitrogen and oxygen atoms in total. The van der Waals surface area contributed by atoms with Crippen LogP contribution in [0.25, 0.3) is 22.2 Å². The van der Waals surface area contributed by atoms with Crippen LogP contribution in [0.4, 0.5) is 5.82 Å². The molecular formula is C25H24N4O2. The lowest BCUT2D eigenvalue weighted by Crippen LogP contribution is -2.30. The number of aliphatic hydroxyl groups is 1. The topological polar surface area (TPSA) is 86.2 Å². The summed E-state index contributed by atoms with van der Waals surface area (Å²) in [7, 11) is 0. The number of aryl methyl sites for hydroxylation is 1. The van der Waals surface area contributed by atoms with E-state index in [1.807, 2.05) is 6.07 Å². The number of ether oxygens (including phenoxy) is 1. The summed E-state index contributed by atoms with van der Waals surface area (Å²) in [6.45, 7) is 0. The number of anilines is 1. The Morgan fingerprint density at radius 3 is 2.71 bits per heavy atom. The molecule has 1 unspecified atom stereocenters. The van der Waals surface area contributed by atoms with Crippen molar-refractivity contribution in [1.82, 2.24) is 14.5 Å². The third kappa shape index (κ3) is 3.06. The summed E-state index contributed by atoms with van der Waals surface area (Å²) in [6.07, 6.45) is 6.87. The molecule has 4 aromatic rings. The molecule has 0 saturated heterocycles. The predicted molar refractivity (Wildman–Crippen MR) is 120 cm³/mol. The van der Waals surface area contributed by atoms with Crippen LogP contribution in [0, 0.1) is 0 Å². The number of aliphatic hydroxyl groups excluding tert-OH is 1. The van der Waals surface area contributed by atoms with Crippen molar-refractivity contribution in [2.24, 2.45) is 0 Å². The third-order valence-corrected chi connectivity index (χ3v) is 6.61. The average molecular weight is 412 g/mol. The number of nitrogens with zero attached hydrogens (tertiary/aromatic N) is 3. The Balaban J connectivity index is 1.42. The highest BCUT2D eigenvalue weighted by Crippen LogP contribution is 2.42. The van der Waals surface area contributed by atoms with Gasteiger partial charge in [-0.25, -0.2) is 9.97 Å². The average Bonchev–Trinajstić information content (AvgIpc) is 3.17.